The number of thioether (sulfide) groups is 1. The van der Waals surface area contributed by atoms with E-state index < -0.39 is 0 Å². The van der Waals surface area contributed by atoms with Crippen molar-refractivity contribution in [1.29, 1.82) is 0 Å². The van der Waals surface area contributed by atoms with Crippen LogP contribution in [0.2, 0.25) is 0 Å². The van der Waals surface area contributed by atoms with Gasteiger partial charge in [0.15, 0.2) is 0 Å². The van der Waals surface area contributed by atoms with Crippen molar-refractivity contribution in [3.8, 4) is 5.75 Å². The van der Waals surface area contributed by atoms with Crippen LogP contribution in [0, 0.1) is 0 Å². The van der Waals surface area contributed by atoms with Gasteiger partial charge in [0.05, 0.1) is 10.8 Å². The van der Waals surface area contributed by atoms with E-state index in [0.717, 1.165) is 12.0 Å². The molecular weight excluding hydrogens is 392 g/mol. The van der Waals surface area contributed by atoms with Gasteiger partial charge < -0.3 is 9.15 Å². The largest absolute Gasteiger partial charge is 0.490 e. The normalized spacial score (nSPS) is 11.4. The van der Waals surface area contributed by atoms with E-state index in [-0.39, 0.29) is 5.43 Å². The number of para-hydroxylation sites is 1. The molecule has 3 nitrogen and oxygen atoms in total. The molecule has 30 heavy (non-hydrogen) atoms. The minimum absolute atomic E-state index is 0.0572. The van der Waals surface area contributed by atoms with Crippen LogP contribution in [-0.2, 0) is 6.42 Å². The first-order valence-electron chi connectivity index (χ1n) is 9.72. The highest BCUT2D eigenvalue weighted by Gasteiger charge is 2.12. The molecule has 4 heteroatoms. The number of hydrogen-bond donors (Lipinski definition) is 0. The molecule has 1 aromatic heterocycles. The second-order valence-electron chi connectivity index (χ2n) is 6.87. The molecule has 0 radical (unpaired) electrons. The number of fused-ring (bicyclic) bond motifs is 2. The topological polar surface area (TPSA) is 39.4 Å². The minimum Gasteiger partial charge on any atom is -0.490 e. The standard InChI is InChI=1S/C26H22O3S/c1-3-15-28-20-16-19(8-6-7-18-11-13-21(30-2)14-12-18)26-23(17-20)25(27)22-9-4-5-10-24(22)29-26/h3-6,8-14,16-17H,1,7,15H2,2H3. The second kappa shape index (κ2) is 9.06. The van der Waals surface area contributed by atoms with E-state index in [1.165, 1.54) is 10.5 Å². The highest BCUT2D eigenvalue weighted by atomic mass is 32.2. The number of hydrogen-bond acceptors (Lipinski definition) is 4. The summed E-state index contributed by atoms with van der Waals surface area (Å²) in [6.45, 7) is 4.06. The van der Waals surface area contributed by atoms with Crippen molar-refractivity contribution in [2.45, 2.75) is 11.3 Å². The lowest BCUT2D eigenvalue weighted by atomic mass is 10.1. The van der Waals surface area contributed by atoms with Crippen molar-refractivity contribution in [2.75, 3.05) is 12.9 Å². The number of allylic oxidation sites excluding steroid dienone is 1. The number of ether oxygens (including phenoxy) is 1. The highest BCUT2D eigenvalue weighted by Crippen LogP contribution is 2.28. The molecule has 0 bridgehead atoms. The van der Waals surface area contributed by atoms with Crippen molar-refractivity contribution in [2.24, 2.45) is 0 Å². The Morgan fingerprint density at radius 2 is 1.87 bits per heavy atom. The first-order chi connectivity index (χ1) is 14.7. The molecule has 0 aliphatic heterocycles. The molecule has 0 fully saturated rings. The van der Waals surface area contributed by atoms with E-state index in [0.29, 0.717) is 34.3 Å². The Bertz CT molecular complexity index is 1280. The molecule has 0 atom stereocenters. The summed E-state index contributed by atoms with van der Waals surface area (Å²) in [5.74, 6) is 0.619. The van der Waals surface area contributed by atoms with Crippen molar-refractivity contribution in [1.82, 2.24) is 0 Å². The van der Waals surface area contributed by atoms with Gasteiger partial charge in [-0.2, -0.15) is 0 Å². The predicted octanol–water partition coefficient (Wildman–Crippen LogP) is 6.49. The van der Waals surface area contributed by atoms with Gasteiger partial charge in [-0.3, -0.25) is 4.79 Å². The third-order valence-corrected chi connectivity index (χ3v) is 5.60. The van der Waals surface area contributed by atoms with Crippen LogP contribution in [0.1, 0.15) is 11.1 Å². The second-order valence-corrected chi connectivity index (χ2v) is 7.75. The molecule has 0 saturated carbocycles. The summed E-state index contributed by atoms with van der Waals surface area (Å²) in [6, 6.07) is 19.5. The van der Waals surface area contributed by atoms with Crippen molar-refractivity contribution >= 4 is 39.8 Å². The lowest BCUT2D eigenvalue weighted by Crippen LogP contribution is -2.04. The number of benzene rings is 3. The minimum atomic E-state index is -0.0572. The van der Waals surface area contributed by atoms with Gasteiger partial charge in [-0.25, -0.2) is 0 Å². The van der Waals surface area contributed by atoms with Crippen LogP contribution in [-0.4, -0.2) is 12.9 Å². The average Bonchev–Trinajstić information content (AvgIpc) is 2.79. The smallest absolute Gasteiger partial charge is 0.200 e. The summed E-state index contributed by atoms with van der Waals surface area (Å²) in [6.07, 6.45) is 8.60. The zero-order chi connectivity index (χ0) is 20.9. The van der Waals surface area contributed by atoms with Gasteiger partial charge in [-0.15, -0.1) is 11.8 Å². The van der Waals surface area contributed by atoms with Gasteiger partial charge in [-0.05, 0) is 54.6 Å². The van der Waals surface area contributed by atoms with Crippen molar-refractivity contribution in [3.63, 3.8) is 0 Å². The Morgan fingerprint density at radius 1 is 1.07 bits per heavy atom. The van der Waals surface area contributed by atoms with E-state index in [9.17, 15) is 4.79 Å². The van der Waals surface area contributed by atoms with E-state index in [4.69, 9.17) is 9.15 Å². The van der Waals surface area contributed by atoms with Crippen LogP contribution in [0.3, 0.4) is 0 Å². The molecule has 0 saturated heterocycles. The first kappa shape index (κ1) is 20.0. The molecule has 0 N–H and O–H groups in total. The average molecular weight is 415 g/mol. The Kier molecular flexibility index (Phi) is 6.05. The van der Waals surface area contributed by atoms with E-state index in [1.807, 2.05) is 30.3 Å². The van der Waals surface area contributed by atoms with Crippen LogP contribution in [0.4, 0.5) is 0 Å². The van der Waals surface area contributed by atoms with Crippen LogP contribution >= 0.6 is 11.8 Å². The Hall–Kier alpha value is -3.24. The van der Waals surface area contributed by atoms with Gasteiger partial charge in [0.25, 0.3) is 0 Å². The van der Waals surface area contributed by atoms with Gasteiger partial charge >= 0.3 is 0 Å². The maximum atomic E-state index is 13.1. The molecule has 1 heterocycles. The van der Waals surface area contributed by atoms with Crippen molar-refractivity contribution in [3.05, 3.63) is 101 Å². The number of rotatable bonds is 7. The highest BCUT2D eigenvalue weighted by molar-refractivity contribution is 7.98. The molecule has 0 amide bonds. The van der Waals surface area contributed by atoms with Crippen LogP contribution in [0.15, 0.2) is 93.5 Å². The van der Waals surface area contributed by atoms with E-state index in [2.05, 4.69) is 43.2 Å². The molecule has 150 valence electrons. The van der Waals surface area contributed by atoms with Crippen LogP contribution in [0.25, 0.3) is 28.0 Å². The fourth-order valence-corrected chi connectivity index (χ4v) is 3.76. The van der Waals surface area contributed by atoms with Gasteiger partial charge in [0.1, 0.15) is 23.5 Å². The predicted molar refractivity (Wildman–Crippen MR) is 127 cm³/mol. The quantitative estimate of drug-likeness (QED) is 0.197. The fourth-order valence-electron chi connectivity index (χ4n) is 3.35. The molecule has 0 aliphatic rings. The molecule has 0 aliphatic carbocycles. The summed E-state index contributed by atoms with van der Waals surface area (Å²) in [4.78, 5) is 14.3. The SMILES string of the molecule is C=CCOc1cc(C=CCc2ccc(SC)cc2)c2oc3ccccc3c(=O)c2c1. The summed E-state index contributed by atoms with van der Waals surface area (Å²) in [5, 5.41) is 1.08. The lowest BCUT2D eigenvalue weighted by Gasteiger charge is -2.09. The zero-order valence-electron chi connectivity index (χ0n) is 16.8. The summed E-state index contributed by atoms with van der Waals surface area (Å²) in [5.41, 5.74) is 3.13. The maximum absolute atomic E-state index is 13.1. The van der Waals surface area contributed by atoms with Gasteiger partial charge in [0, 0.05) is 10.5 Å². The lowest BCUT2D eigenvalue weighted by molar-refractivity contribution is 0.363. The molecular formula is C26H22O3S. The molecule has 4 rings (SSSR count). The molecule has 3 aromatic carbocycles. The van der Waals surface area contributed by atoms with E-state index in [1.54, 1.807) is 30.0 Å². The first-order valence-corrected chi connectivity index (χ1v) is 10.9. The van der Waals surface area contributed by atoms with Crippen LogP contribution in [0.5, 0.6) is 5.75 Å². The van der Waals surface area contributed by atoms with Crippen molar-refractivity contribution < 1.29 is 9.15 Å². The Morgan fingerprint density at radius 3 is 2.63 bits per heavy atom. The maximum Gasteiger partial charge on any atom is 0.200 e. The van der Waals surface area contributed by atoms with Gasteiger partial charge in [-0.1, -0.05) is 49.1 Å². The fraction of sp³-hybridized carbons (Fsp3) is 0.115. The molecule has 0 spiro atoms. The summed E-state index contributed by atoms with van der Waals surface area (Å²) >= 11 is 1.73. The summed E-state index contributed by atoms with van der Waals surface area (Å²) < 4.78 is 11.8. The molecule has 0 unspecified atom stereocenters. The van der Waals surface area contributed by atoms with E-state index >= 15 is 0 Å². The summed E-state index contributed by atoms with van der Waals surface area (Å²) in [7, 11) is 0. The zero-order valence-corrected chi connectivity index (χ0v) is 17.6. The Labute approximate surface area is 179 Å². The monoisotopic (exact) mass is 414 g/mol. The molecule has 4 aromatic rings. The third-order valence-electron chi connectivity index (χ3n) is 4.86. The van der Waals surface area contributed by atoms with Crippen LogP contribution < -0.4 is 10.2 Å². The van der Waals surface area contributed by atoms with Gasteiger partial charge in [0.2, 0.25) is 5.43 Å². The Balaban J connectivity index is 1.77. The third kappa shape index (κ3) is 4.19.